The lowest BCUT2D eigenvalue weighted by molar-refractivity contribution is 0.0137. The minimum atomic E-state index is -0.441. The summed E-state index contributed by atoms with van der Waals surface area (Å²) in [4.78, 5) is 20.9. The molecule has 1 N–H and O–H groups in total. The normalized spacial score (nSPS) is 21.0. The van der Waals surface area contributed by atoms with Crippen LogP contribution >= 0.6 is 11.8 Å². The first-order chi connectivity index (χ1) is 10.9. The van der Waals surface area contributed by atoms with Gasteiger partial charge < -0.3 is 19.9 Å². The van der Waals surface area contributed by atoms with Gasteiger partial charge in [0, 0.05) is 26.2 Å². The largest absolute Gasteiger partial charge is 0.444 e. The van der Waals surface area contributed by atoms with Gasteiger partial charge in [0.25, 0.3) is 0 Å². The molecule has 0 aliphatic carbocycles. The molecule has 0 aromatic heterocycles. The fraction of sp³-hybridized carbons (Fsp3) is 0.875. The van der Waals surface area contributed by atoms with Crippen LogP contribution in [0.15, 0.2) is 4.99 Å². The van der Waals surface area contributed by atoms with Gasteiger partial charge in [0.1, 0.15) is 5.60 Å². The molecule has 23 heavy (non-hydrogen) atoms. The van der Waals surface area contributed by atoms with Gasteiger partial charge in [0.05, 0.1) is 12.6 Å². The molecule has 0 aromatic carbocycles. The molecule has 1 amide bonds. The van der Waals surface area contributed by atoms with Gasteiger partial charge in [-0.2, -0.15) is 11.8 Å². The summed E-state index contributed by atoms with van der Waals surface area (Å²) >= 11 is 1.89. The van der Waals surface area contributed by atoms with Gasteiger partial charge in [-0.1, -0.05) is 0 Å². The van der Waals surface area contributed by atoms with Crippen LogP contribution in [0.25, 0.3) is 0 Å². The third-order valence-electron chi connectivity index (χ3n) is 3.92. The number of carbonyl (C=O) groups excluding carboxylic acids is 1. The van der Waals surface area contributed by atoms with Crippen LogP contribution in [0, 0.1) is 0 Å². The van der Waals surface area contributed by atoms with Gasteiger partial charge in [-0.05, 0) is 45.6 Å². The maximum atomic E-state index is 12.2. The summed E-state index contributed by atoms with van der Waals surface area (Å²) in [5, 5.41) is 3.45. The smallest absolute Gasteiger partial charge is 0.410 e. The zero-order valence-electron chi connectivity index (χ0n) is 14.8. The molecule has 2 rings (SSSR count). The van der Waals surface area contributed by atoms with Crippen molar-refractivity contribution in [2.45, 2.75) is 45.3 Å². The molecule has 0 saturated carbocycles. The number of unbranched alkanes of at least 4 members (excludes halogenated alkanes) is 1. The molecular weight excluding hydrogens is 312 g/mol. The summed E-state index contributed by atoms with van der Waals surface area (Å²) < 4.78 is 5.47. The van der Waals surface area contributed by atoms with Crippen LogP contribution in [0.4, 0.5) is 4.79 Å². The van der Waals surface area contributed by atoms with Crippen molar-refractivity contribution in [3.8, 4) is 0 Å². The van der Waals surface area contributed by atoms with Crippen LogP contribution in [0.2, 0.25) is 0 Å². The van der Waals surface area contributed by atoms with E-state index in [0.29, 0.717) is 13.1 Å². The molecule has 0 aromatic rings. The molecule has 2 heterocycles. The van der Waals surface area contributed by atoms with Gasteiger partial charge in [-0.3, -0.25) is 4.99 Å². The van der Waals surface area contributed by atoms with Crippen molar-refractivity contribution in [1.82, 2.24) is 15.1 Å². The summed E-state index contributed by atoms with van der Waals surface area (Å²) in [5.74, 6) is 2.22. The summed E-state index contributed by atoms with van der Waals surface area (Å²) in [5.41, 5.74) is -0.441. The maximum absolute atomic E-state index is 12.2. The van der Waals surface area contributed by atoms with Crippen LogP contribution in [-0.2, 0) is 4.74 Å². The van der Waals surface area contributed by atoms with Gasteiger partial charge in [-0.15, -0.1) is 0 Å². The standard InChI is InChI=1S/C16H30N4O2S/c1-16(2,3)22-15(21)19-8-9-20-13(12-19)11-18-14(20)17-7-5-6-10-23-4/h13H,5-12H2,1-4H3,(H,17,18). The molecule has 132 valence electrons. The fourth-order valence-corrected chi connectivity index (χ4v) is 3.29. The van der Waals surface area contributed by atoms with Crippen LogP contribution in [0.1, 0.15) is 33.6 Å². The Bertz CT molecular complexity index is 436. The first-order valence-electron chi connectivity index (χ1n) is 8.42. The van der Waals surface area contributed by atoms with Crippen molar-refractivity contribution in [2.75, 3.05) is 44.7 Å². The second-order valence-electron chi connectivity index (χ2n) is 7.06. The van der Waals surface area contributed by atoms with Crippen LogP contribution in [0.5, 0.6) is 0 Å². The number of hydrogen-bond donors (Lipinski definition) is 1. The van der Waals surface area contributed by atoms with E-state index in [1.807, 2.05) is 37.4 Å². The summed E-state index contributed by atoms with van der Waals surface area (Å²) in [6, 6.07) is 0.282. The predicted molar refractivity (Wildman–Crippen MR) is 96.2 cm³/mol. The highest BCUT2D eigenvalue weighted by Gasteiger charge is 2.36. The number of thioether (sulfide) groups is 1. The number of nitrogens with one attached hydrogen (secondary N) is 1. The molecule has 1 atom stereocenters. The molecule has 2 aliphatic heterocycles. The second kappa shape index (κ2) is 8.13. The van der Waals surface area contributed by atoms with E-state index in [4.69, 9.17) is 4.74 Å². The van der Waals surface area contributed by atoms with Gasteiger partial charge in [0.15, 0.2) is 5.96 Å². The van der Waals surface area contributed by atoms with E-state index in [2.05, 4.69) is 21.5 Å². The number of piperazine rings is 1. The minimum absolute atomic E-state index is 0.212. The molecule has 0 radical (unpaired) electrons. The van der Waals surface area contributed by atoms with Gasteiger partial charge in [0.2, 0.25) is 0 Å². The SMILES string of the molecule is CSCCCCNC1=NCC2CN(C(=O)OC(C)(C)C)CCN12. The van der Waals surface area contributed by atoms with Gasteiger partial charge >= 0.3 is 6.09 Å². The number of amides is 1. The molecular formula is C16H30N4O2S. The van der Waals surface area contributed by atoms with Gasteiger partial charge in [-0.25, -0.2) is 4.79 Å². The number of carbonyl (C=O) groups is 1. The Balaban J connectivity index is 1.75. The lowest BCUT2D eigenvalue weighted by Crippen LogP contribution is -2.57. The number of rotatable bonds is 5. The van der Waals surface area contributed by atoms with Crippen molar-refractivity contribution < 1.29 is 9.53 Å². The molecule has 0 spiro atoms. The second-order valence-corrected chi connectivity index (χ2v) is 8.05. The number of guanidine groups is 1. The van der Waals surface area contributed by atoms with E-state index in [-0.39, 0.29) is 12.1 Å². The average Bonchev–Trinajstić information content (AvgIpc) is 2.88. The zero-order chi connectivity index (χ0) is 16.9. The van der Waals surface area contributed by atoms with Crippen molar-refractivity contribution in [1.29, 1.82) is 0 Å². The fourth-order valence-electron chi connectivity index (χ4n) is 2.79. The topological polar surface area (TPSA) is 57.2 Å². The molecule has 7 heteroatoms. The molecule has 1 fully saturated rings. The first kappa shape index (κ1) is 18.2. The highest BCUT2D eigenvalue weighted by Crippen LogP contribution is 2.18. The summed E-state index contributed by atoms with van der Waals surface area (Å²) in [7, 11) is 0. The van der Waals surface area contributed by atoms with E-state index in [9.17, 15) is 4.79 Å². The van der Waals surface area contributed by atoms with E-state index >= 15 is 0 Å². The Morgan fingerprint density at radius 1 is 1.39 bits per heavy atom. The molecule has 1 unspecified atom stereocenters. The highest BCUT2D eigenvalue weighted by molar-refractivity contribution is 7.98. The number of hydrogen-bond acceptors (Lipinski definition) is 6. The maximum Gasteiger partial charge on any atom is 0.410 e. The van der Waals surface area contributed by atoms with Crippen molar-refractivity contribution in [3.05, 3.63) is 0 Å². The summed E-state index contributed by atoms with van der Waals surface area (Å²) in [6.07, 6.45) is 4.33. The third-order valence-corrected chi connectivity index (χ3v) is 4.61. The number of ether oxygens (including phenoxy) is 1. The lowest BCUT2D eigenvalue weighted by atomic mass is 10.2. The Labute approximate surface area is 144 Å². The van der Waals surface area contributed by atoms with Crippen molar-refractivity contribution in [2.24, 2.45) is 4.99 Å². The molecule has 1 saturated heterocycles. The van der Waals surface area contributed by atoms with E-state index in [1.165, 1.54) is 18.6 Å². The summed E-state index contributed by atoms with van der Waals surface area (Å²) in [6.45, 7) is 9.64. The first-order valence-corrected chi connectivity index (χ1v) is 9.82. The molecule has 0 bridgehead atoms. The van der Waals surface area contributed by atoms with Crippen molar-refractivity contribution >= 4 is 23.8 Å². The Morgan fingerprint density at radius 3 is 2.87 bits per heavy atom. The molecule has 2 aliphatic rings. The quantitative estimate of drug-likeness (QED) is 0.775. The highest BCUT2D eigenvalue weighted by atomic mass is 32.2. The van der Waals surface area contributed by atoms with Crippen molar-refractivity contribution in [3.63, 3.8) is 0 Å². The average molecular weight is 343 g/mol. The van der Waals surface area contributed by atoms with Crippen LogP contribution < -0.4 is 5.32 Å². The van der Waals surface area contributed by atoms with E-state index in [0.717, 1.165) is 25.6 Å². The monoisotopic (exact) mass is 342 g/mol. The Kier molecular flexibility index (Phi) is 6.44. The number of nitrogens with zero attached hydrogens (tertiary/aromatic N) is 3. The molecule has 6 nitrogen and oxygen atoms in total. The van der Waals surface area contributed by atoms with E-state index < -0.39 is 5.60 Å². The van der Waals surface area contributed by atoms with Crippen LogP contribution in [0.3, 0.4) is 0 Å². The number of aliphatic imine (C=N–C) groups is 1. The predicted octanol–water partition coefficient (Wildman–Crippen LogP) is 2.01. The van der Waals surface area contributed by atoms with Crippen LogP contribution in [-0.4, -0.2) is 78.2 Å². The Hall–Kier alpha value is -1.11. The zero-order valence-corrected chi connectivity index (χ0v) is 15.6. The Morgan fingerprint density at radius 2 is 2.17 bits per heavy atom. The van der Waals surface area contributed by atoms with E-state index in [1.54, 1.807) is 0 Å². The lowest BCUT2D eigenvalue weighted by Gasteiger charge is -2.39. The third kappa shape index (κ3) is 5.48. The number of fused-ring (bicyclic) bond motifs is 1. The minimum Gasteiger partial charge on any atom is -0.444 e.